The Labute approximate surface area is 89.7 Å². The van der Waals surface area contributed by atoms with E-state index in [1.54, 1.807) is 0 Å². The zero-order valence-electron chi connectivity index (χ0n) is 9.43. The topological polar surface area (TPSA) is 60.9 Å². The first kappa shape index (κ1) is 12.0. The van der Waals surface area contributed by atoms with Crippen molar-refractivity contribution >= 4 is 12.4 Å². The fourth-order valence-corrected chi connectivity index (χ4v) is 1.98. The third-order valence-corrected chi connectivity index (χ3v) is 3.24. The summed E-state index contributed by atoms with van der Waals surface area (Å²) in [6, 6.07) is 0.311. The Morgan fingerprint density at radius 2 is 2.20 bits per heavy atom. The van der Waals surface area contributed by atoms with Crippen LogP contribution in [0.1, 0.15) is 20.3 Å². The second-order valence-corrected chi connectivity index (χ2v) is 4.37. The normalized spacial score (nSPS) is 26.9. The summed E-state index contributed by atoms with van der Waals surface area (Å²) in [4.78, 5) is 25.3. The van der Waals surface area contributed by atoms with E-state index in [2.05, 4.69) is 4.90 Å². The predicted molar refractivity (Wildman–Crippen MR) is 55.5 cm³/mol. The first-order chi connectivity index (χ1) is 6.94. The van der Waals surface area contributed by atoms with Crippen LogP contribution in [0.5, 0.6) is 0 Å². The van der Waals surface area contributed by atoms with Crippen molar-refractivity contribution in [3.63, 3.8) is 0 Å². The molecule has 0 aliphatic carbocycles. The number of carbonyl (C=O) groups excluding carboxylic acids is 1. The Kier molecular flexibility index (Phi) is 3.34. The molecule has 5 nitrogen and oxygen atoms in total. The van der Waals surface area contributed by atoms with E-state index in [1.807, 2.05) is 13.8 Å². The number of likely N-dealkylation sites (tertiary alicyclic amines) is 1. The van der Waals surface area contributed by atoms with Crippen molar-refractivity contribution in [2.24, 2.45) is 0 Å². The molecule has 1 saturated heterocycles. The molecule has 0 aromatic heterocycles. The van der Waals surface area contributed by atoms with Gasteiger partial charge in [-0.2, -0.15) is 0 Å². The molecule has 15 heavy (non-hydrogen) atoms. The summed E-state index contributed by atoms with van der Waals surface area (Å²) in [6.45, 7) is 5.19. The molecule has 1 aliphatic rings. The van der Waals surface area contributed by atoms with Gasteiger partial charge in [0.15, 0.2) is 5.54 Å². The standard InChI is InChI=1S/C10H18N2O3/c1-8(2)12-5-4-10(6-12,9(14)15)11(3)7-13/h7-8H,4-6H2,1-3H3,(H,14,15). The summed E-state index contributed by atoms with van der Waals surface area (Å²) >= 11 is 0. The SMILES string of the molecule is CC(C)N1CCC(C(=O)O)(N(C)C=O)C1. The second-order valence-electron chi connectivity index (χ2n) is 4.37. The molecule has 0 saturated carbocycles. The van der Waals surface area contributed by atoms with E-state index in [0.717, 1.165) is 6.54 Å². The number of carboxylic acids is 1. The van der Waals surface area contributed by atoms with Crippen LogP contribution in [0.2, 0.25) is 0 Å². The Hall–Kier alpha value is -1.10. The van der Waals surface area contributed by atoms with Gasteiger partial charge in [-0.1, -0.05) is 0 Å². The van der Waals surface area contributed by atoms with Crippen LogP contribution in [0.3, 0.4) is 0 Å². The zero-order valence-corrected chi connectivity index (χ0v) is 9.43. The lowest BCUT2D eigenvalue weighted by Gasteiger charge is -2.32. The lowest BCUT2D eigenvalue weighted by atomic mass is 9.97. The molecular weight excluding hydrogens is 196 g/mol. The predicted octanol–water partition coefficient (Wildman–Crippen LogP) is 0.0121. The molecule has 0 aromatic carbocycles. The van der Waals surface area contributed by atoms with Crippen LogP contribution in [0, 0.1) is 0 Å². The van der Waals surface area contributed by atoms with Crippen molar-refractivity contribution in [3.05, 3.63) is 0 Å². The number of amides is 1. The Balaban J connectivity index is 2.87. The van der Waals surface area contributed by atoms with Crippen LogP contribution in [-0.2, 0) is 9.59 Å². The van der Waals surface area contributed by atoms with Crippen molar-refractivity contribution in [3.8, 4) is 0 Å². The summed E-state index contributed by atoms with van der Waals surface area (Å²) in [5.74, 6) is -0.916. The highest BCUT2D eigenvalue weighted by molar-refractivity contribution is 5.82. The molecule has 1 N–H and O–H groups in total. The average molecular weight is 214 g/mol. The first-order valence-electron chi connectivity index (χ1n) is 5.09. The fraction of sp³-hybridized carbons (Fsp3) is 0.800. The summed E-state index contributed by atoms with van der Waals surface area (Å²) < 4.78 is 0. The molecule has 1 fully saturated rings. The van der Waals surface area contributed by atoms with Gasteiger partial charge in [-0.25, -0.2) is 4.79 Å². The number of aliphatic carboxylic acids is 1. The quantitative estimate of drug-likeness (QED) is 0.670. The van der Waals surface area contributed by atoms with Gasteiger partial charge in [-0.15, -0.1) is 0 Å². The molecule has 0 radical (unpaired) electrons. The van der Waals surface area contributed by atoms with Gasteiger partial charge in [0.25, 0.3) is 0 Å². The molecule has 0 bridgehead atoms. The number of carbonyl (C=O) groups is 2. The molecule has 1 unspecified atom stereocenters. The van der Waals surface area contributed by atoms with Crippen LogP contribution in [0.4, 0.5) is 0 Å². The van der Waals surface area contributed by atoms with Crippen LogP contribution >= 0.6 is 0 Å². The summed E-state index contributed by atoms with van der Waals surface area (Å²) in [5.41, 5.74) is -1.04. The van der Waals surface area contributed by atoms with Gasteiger partial charge in [-0.05, 0) is 20.3 Å². The highest BCUT2D eigenvalue weighted by Crippen LogP contribution is 2.27. The van der Waals surface area contributed by atoms with Gasteiger partial charge >= 0.3 is 5.97 Å². The van der Waals surface area contributed by atoms with E-state index in [4.69, 9.17) is 0 Å². The summed E-state index contributed by atoms with van der Waals surface area (Å²) in [5, 5.41) is 9.24. The molecule has 86 valence electrons. The Bertz CT molecular complexity index is 267. The van der Waals surface area contributed by atoms with E-state index < -0.39 is 11.5 Å². The third-order valence-electron chi connectivity index (χ3n) is 3.24. The van der Waals surface area contributed by atoms with Gasteiger partial charge in [-0.3, -0.25) is 9.69 Å². The largest absolute Gasteiger partial charge is 0.479 e. The van der Waals surface area contributed by atoms with E-state index in [9.17, 15) is 14.7 Å². The maximum Gasteiger partial charge on any atom is 0.331 e. The molecule has 0 spiro atoms. The maximum absolute atomic E-state index is 11.3. The monoisotopic (exact) mass is 214 g/mol. The number of hydrogen-bond donors (Lipinski definition) is 1. The Morgan fingerprint density at radius 1 is 1.60 bits per heavy atom. The van der Waals surface area contributed by atoms with Gasteiger partial charge in [0.05, 0.1) is 0 Å². The van der Waals surface area contributed by atoms with Crippen molar-refractivity contribution in [1.82, 2.24) is 9.80 Å². The summed E-state index contributed by atoms with van der Waals surface area (Å²) in [7, 11) is 1.53. The van der Waals surface area contributed by atoms with Crippen molar-refractivity contribution in [1.29, 1.82) is 0 Å². The van der Waals surface area contributed by atoms with Crippen LogP contribution in [-0.4, -0.2) is 59.0 Å². The fourth-order valence-electron chi connectivity index (χ4n) is 1.98. The van der Waals surface area contributed by atoms with E-state index in [0.29, 0.717) is 25.4 Å². The first-order valence-corrected chi connectivity index (χ1v) is 5.09. The number of nitrogens with zero attached hydrogens (tertiary/aromatic N) is 2. The summed E-state index contributed by atoms with van der Waals surface area (Å²) in [6.07, 6.45) is 1.09. The smallest absolute Gasteiger partial charge is 0.331 e. The molecule has 1 amide bonds. The zero-order chi connectivity index (χ0) is 11.6. The number of carboxylic acid groups (broad SMARTS) is 1. The molecule has 1 heterocycles. The molecule has 1 rings (SSSR count). The highest BCUT2D eigenvalue weighted by atomic mass is 16.4. The van der Waals surface area contributed by atoms with Crippen LogP contribution in [0.25, 0.3) is 0 Å². The maximum atomic E-state index is 11.3. The van der Waals surface area contributed by atoms with Crippen molar-refractivity contribution in [2.45, 2.75) is 31.8 Å². The lowest BCUT2D eigenvalue weighted by molar-refractivity contribution is -0.153. The van der Waals surface area contributed by atoms with Crippen LogP contribution in [0.15, 0.2) is 0 Å². The van der Waals surface area contributed by atoms with Gasteiger partial charge in [0.1, 0.15) is 0 Å². The molecule has 0 aromatic rings. The number of hydrogen-bond acceptors (Lipinski definition) is 3. The van der Waals surface area contributed by atoms with Gasteiger partial charge in [0.2, 0.25) is 6.41 Å². The molecule has 1 atom stereocenters. The van der Waals surface area contributed by atoms with E-state index in [1.165, 1.54) is 11.9 Å². The molecular formula is C10H18N2O3. The Morgan fingerprint density at radius 3 is 2.53 bits per heavy atom. The lowest BCUT2D eigenvalue weighted by Crippen LogP contribution is -2.54. The highest BCUT2D eigenvalue weighted by Gasteiger charge is 2.48. The van der Waals surface area contributed by atoms with E-state index >= 15 is 0 Å². The minimum atomic E-state index is -1.04. The average Bonchev–Trinajstić information content (AvgIpc) is 2.62. The van der Waals surface area contributed by atoms with E-state index in [-0.39, 0.29) is 0 Å². The van der Waals surface area contributed by atoms with Gasteiger partial charge in [0, 0.05) is 26.2 Å². The molecule has 1 aliphatic heterocycles. The molecule has 5 heteroatoms. The van der Waals surface area contributed by atoms with Gasteiger partial charge < -0.3 is 10.0 Å². The minimum absolute atomic E-state index is 0.311. The number of rotatable bonds is 4. The van der Waals surface area contributed by atoms with Crippen molar-refractivity contribution < 1.29 is 14.7 Å². The number of likely N-dealkylation sites (N-methyl/N-ethyl adjacent to an activating group) is 1. The second kappa shape index (κ2) is 4.18. The third kappa shape index (κ3) is 1.97. The minimum Gasteiger partial charge on any atom is -0.479 e. The van der Waals surface area contributed by atoms with Crippen molar-refractivity contribution in [2.75, 3.05) is 20.1 Å². The van der Waals surface area contributed by atoms with Crippen LogP contribution < -0.4 is 0 Å².